The fourth-order valence-corrected chi connectivity index (χ4v) is 1.05. The van der Waals surface area contributed by atoms with Crippen LogP contribution in [0.3, 0.4) is 0 Å². The second-order valence-electron chi connectivity index (χ2n) is 3.45. The van der Waals surface area contributed by atoms with Gasteiger partial charge < -0.3 is 25.5 Å². The Hall–Kier alpha value is -1.62. The SMILES string of the molecule is O=NN(CC(=O)O)CC(=O)[C@H](O)[C@@H](O)[C@@H](O)CO. The molecule has 0 aliphatic heterocycles. The third-order valence-electron chi connectivity index (χ3n) is 2.01. The van der Waals surface area contributed by atoms with Gasteiger partial charge in [0, 0.05) is 0 Å². The average Bonchev–Trinajstić information content (AvgIpc) is 2.34. The van der Waals surface area contributed by atoms with Crippen LogP contribution in [0.15, 0.2) is 5.29 Å². The van der Waals surface area contributed by atoms with Crippen molar-refractivity contribution in [1.29, 1.82) is 0 Å². The van der Waals surface area contributed by atoms with Crippen LogP contribution in [0.1, 0.15) is 0 Å². The molecule has 18 heavy (non-hydrogen) atoms. The van der Waals surface area contributed by atoms with Crippen molar-refractivity contribution in [3.8, 4) is 0 Å². The Balaban J connectivity index is 4.45. The smallest absolute Gasteiger partial charge is 0.325 e. The number of rotatable bonds is 9. The Labute approximate surface area is 101 Å². The molecule has 0 aliphatic rings. The van der Waals surface area contributed by atoms with Crippen molar-refractivity contribution >= 4 is 11.8 Å². The molecule has 0 heterocycles. The summed E-state index contributed by atoms with van der Waals surface area (Å²) in [5.74, 6) is -2.52. The molecule has 0 aromatic carbocycles. The number of carbonyl (C=O) groups excluding carboxylic acids is 1. The average molecular weight is 266 g/mol. The number of ketones is 1. The number of nitroso groups, excluding NO2 is 1. The van der Waals surface area contributed by atoms with Crippen LogP contribution in [0.4, 0.5) is 0 Å². The number of hydrogen-bond donors (Lipinski definition) is 5. The van der Waals surface area contributed by atoms with Gasteiger partial charge in [-0.05, 0) is 0 Å². The lowest BCUT2D eigenvalue weighted by atomic mass is 10.0. The molecule has 0 bridgehead atoms. The third-order valence-corrected chi connectivity index (χ3v) is 2.01. The fraction of sp³-hybridized carbons (Fsp3) is 0.750. The van der Waals surface area contributed by atoms with Crippen LogP contribution in [0, 0.1) is 4.91 Å². The van der Waals surface area contributed by atoms with Crippen molar-refractivity contribution < 1.29 is 35.1 Å². The van der Waals surface area contributed by atoms with E-state index in [9.17, 15) is 24.7 Å². The van der Waals surface area contributed by atoms with Gasteiger partial charge in [-0.15, -0.1) is 4.91 Å². The molecular formula is C8H14N2O8. The first-order valence-electron chi connectivity index (χ1n) is 4.81. The molecule has 0 saturated heterocycles. The van der Waals surface area contributed by atoms with Crippen LogP contribution in [0.5, 0.6) is 0 Å². The number of hydrogen-bond acceptors (Lipinski definition) is 8. The van der Waals surface area contributed by atoms with E-state index < -0.39 is 49.8 Å². The number of carboxylic acids is 1. The Morgan fingerprint density at radius 1 is 1.17 bits per heavy atom. The molecule has 3 atom stereocenters. The van der Waals surface area contributed by atoms with Crippen LogP contribution in [-0.2, 0) is 9.59 Å². The number of aliphatic hydroxyl groups excluding tert-OH is 4. The van der Waals surface area contributed by atoms with Crippen LogP contribution < -0.4 is 0 Å². The number of nitrogens with zero attached hydrogens (tertiary/aromatic N) is 2. The maximum Gasteiger partial charge on any atom is 0.325 e. The van der Waals surface area contributed by atoms with E-state index in [1.807, 2.05) is 0 Å². The molecule has 104 valence electrons. The fourth-order valence-electron chi connectivity index (χ4n) is 1.05. The highest BCUT2D eigenvalue weighted by Gasteiger charge is 2.31. The highest BCUT2D eigenvalue weighted by Crippen LogP contribution is 2.03. The summed E-state index contributed by atoms with van der Waals surface area (Å²) in [6, 6.07) is 0. The Morgan fingerprint density at radius 2 is 1.72 bits per heavy atom. The monoisotopic (exact) mass is 266 g/mol. The highest BCUT2D eigenvalue weighted by atomic mass is 16.4. The molecule has 5 N–H and O–H groups in total. The topological polar surface area (TPSA) is 168 Å². The van der Waals surface area contributed by atoms with Crippen LogP contribution >= 0.6 is 0 Å². The van der Waals surface area contributed by atoms with Gasteiger partial charge in [0.15, 0.2) is 5.78 Å². The lowest BCUT2D eigenvalue weighted by molar-refractivity contribution is -0.143. The molecule has 0 amide bonds. The van der Waals surface area contributed by atoms with Gasteiger partial charge in [-0.2, -0.15) is 0 Å². The van der Waals surface area contributed by atoms with E-state index in [4.69, 9.17) is 15.3 Å². The van der Waals surface area contributed by atoms with Crippen molar-refractivity contribution in [3.63, 3.8) is 0 Å². The van der Waals surface area contributed by atoms with E-state index in [0.717, 1.165) is 0 Å². The Morgan fingerprint density at radius 3 is 2.11 bits per heavy atom. The highest BCUT2D eigenvalue weighted by molar-refractivity contribution is 5.85. The lowest BCUT2D eigenvalue weighted by Gasteiger charge is -2.21. The molecule has 0 aromatic rings. The van der Waals surface area contributed by atoms with Crippen molar-refractivity contribution in [1.82, 2.24) is 5.01 Å². The molecule has 10 heteroatoms. The minimum Gasteiger partial charge on any atom is -0.480 e. The minimum atomic E-state index is -2.06. The third kappa shape index (κ3) is 5.14. The van der Waals surface area contributed by atoms with Gasteiger partial charge in [0.1, 0.15) is 31.4 Å². The molecule has 0 spiro atoms. The van der Waals surface area contributed by atoms with Gasteiger partial charge in [0.05, 0.1) is 11.9 Å². The zero-order valence-corrected chi connectivity index (χ0v) is 9.21. The van der Waals surface area contributed by atoms with E-state index in [1.165, 1.54) is 0 Å². The zero-order chi connectivity index (χ0) is 14.3. The van der Waals surface area contributed by atoms with Crippen LogP contribution in [0.2, 0.25) is 0 Å². The van der Waals surface area contributed by atoms with Gasteiger partial charge >= 0.3 is 5.97 Å². The summed E-state index contributed by atoms with van der Waals surface area (Å²) >= 11 is 0. The molecule has 0 fully saturated rings. The summed E-state index contributed by atoms with van der Waals surface area (Å²) in [4.78, 5) is 31.8. The van der Waals surface area contributed by atoms with E-state index in [-0.39, 0.29) is 0 Å². The van der Waals surface area contributed by atoms with Gasteiger partial charge in [-0.25, -0.2) is 5.01 Å². The number of carboxylic acid groups (broad SMARTS) is 1. The number of aliphatic carboxylic acids is 1. The standard InChI is InChI=1S/C8H14N2O8/c11-3-5(13)8(17)7(16)4(12)1-10(9-18)2-6(14)15/h5,7-8,11,13,16-17H,1-3H2,(H,14,15)/t5-,7-,8-/m0/s1. The second kappa shape index (κ2) is 7.66. The number of aliphatic hydroxyl groups is 4. The summed E-state index contributed by atoms with van der Waals surface area (Å²) in [6.45, 7) is -2.57. The van der Waals surface area contributed by atoms with Crippen molar-refractivity contribution in [2.75, 3.05) is 19.7 Å². The van der Waals surface area contributed by atoms with E-state index >= 15 is 0 Å². The van der Waals surface area contributed by atoms with Gasteiger partial charge in [0.2, 0.25) is 0 Å². The number of Topliss-reactive ketones (excluding diaryl/α,β-unsaturated/α-hetero) is 1. The van der Waals surface area contributed by atoms with Crippen molar-refractivity contribution in [2.24, 2.45) is 5.29 Å². The maximum absolute atomic E-state index is 11.3. The molecule has 0 radical (unpaired) electrons. The maximum atomic E-state index is 11.3. The summed E-state index contributed by atoms with van der Waals surface area (Å²) in [6.07, 6.45) is -5.74. The normalized spacial score (nSPS) is 15.6. The molecule has 0 rings (SSSR count). The summed E-state index contributed by atoms with van der Waals surface area (Å²) in [7, 11) is 0. The van der Waals surface area contributed by atoms with Crippen LogP contribution in [0.25, 0.3) is 0 Å². The van der Waals surface area contributed by atoms with Crippen molar-refractivity contribution in [3.05, 3.63) is 4.91 Å². The predicted octanol–water partition coefficient (Wildman–Crippen LogP) is -3.30. The van der Waals surface area contributed by atoms with Gasteiger partial charge in [-0.3, -0.25) is 9.59 Å². The minimum absolute atomic E-state index is 0.325. The molecule has 0 aliphatic carbocycles. The Bertz CT molecular complexity index is 309. The first-order valence-corrected chi connectivity index (χ1v) is 4.81. The van der Waals surface area contributed by atoms with E-state index in [2.05, 4.69) is 5.29 Å². The molecule has 0 unspecified atom stereocenters. The molecule has 10 nitrogen and oxygen atoms in total. The molecular weight excluding hydrogens is 252 g/mol. The van der Waals surface area contributed by atoms with E-state index in [1.54, 1.807) is 0 Å². The Kier molecular flexibility index (Phi) is 6.97. The van der Waals surface area contributed by atoms with Gasteiger partial charge in [0.25, 0.3) is 0 Å². The first-order chi connectivity index (χ1) is 8.33. The second-order valence-corrected chi connectivity index (χ2v) is 3.45. The molecule has 0 saturated carbocycles. The van der Waals surface area contributed by atoms with E-state index in [0.29, 0.717) is 5.01 Å². The first kappa shape index (κ1) is 16.4. The quantitative estimate of drug-likeness (QED) is 0.212. The summed E-state index contributed by atoms with van der Waals surface area (Å²) < 4.78 is 0. The van der Waals surface area contributed by atoms with Gasteiger partial charge in [-0.1, -0.05) is 0 Å². The largest absolute Gasteiger partial charge is 0.480 e. The predicted molar refractivity (Wildman–Crippen MR) is 55.1 cm³/mol. The van der Waals surface area contributed by atoms with Crippen molar-refractivity contribution in [2.45, 2.75) is 18.3 Å². The number of carbonyl (C=O) groups is 2. The summed E-state index contributed by atoms with van der Waals surface area (Å²) in [5, 5.41) is 46.9. The van der Waals surface area contributed by atoms with Crippen LogP contribution in [-0.4, -0.2) is 80.3 Å². The zero-order valence-electron chi connectivity index (χ0n) is 9.21. The summed E-state index contributed by atoms with van der Waals surface area (Å²) in [5.41, 5.74) is 0. The lowest BCUT2D eigenvalue weighted by Crippen LogP contribution is -2.47. The molecule has 0 aromatic heterocycles.